The maximum absolute atomic E-state index is 9.75. The van der Waals surface area contributed by atoms with Gasteiger partial charge in [-0.2, -0.15) is 0 Å². The summed E-state index contributed by atoms with van der Waals surface area (Å²) in [5.74, 6) is 1.69. The minimum absolute atomic E-state index is 0.304. The molecule has 0 unspecified atom stereocenters. The Balaban J connectivity index is 1.62. The summed E-state index contributed by atoms with van der Waals surface area (Å²) >= 11 is 0. The van der Waals surface area contributed by atoms with Gasteiger partial charge in [0.05, 0.1) is 6.26 Å². The summed E-state index contributed by atoms with van der Waals surface area (Å²) in [5.41, 5.74) is 0. The molecule has 4 nitrogen and oxygen atoms in total. The molecule has 1 atom stereocenters. The molecule has 1 aromatic carbocycles. The smallest absolute Gasteiger partial charge is 0.157 e. The summed E-state index contributed by atoms with van der Waals surface area (Å²) in [5, 5.41) is 11.8. The molecule has 3 N–H and O–H groups in total. The van der Waals surface area contributed by atoms with Crippen LogP contribution in [0.15, 0.2) is 53.1 Å². The number of ether oxygens (including phenoxy) is 1. The van der Waals surface area contributed by atoms with E-state index in [1.807, 2.05) is 47.8 Å². The number of benzene rings is 1. The number of furan rings is 1. The summed E-state index contributed by atoms with van der Waals surface area (Å²) < 4.78 is 10.7. The first-order valence-corrected chi connectivity index (χ1v) is 6.04. The number of hydrogen-bond donors (Lipinski definition) is 2. The van der Waals surface area contributed by atoms with Crippen LogP contribution in [0.3, 0.4) is 0 Å². The molecule has 0 spiro atoms. The zero-order valence-electron chi connectivity index (χ0n) is 10.2. The molecule has 96 valence electrons. The van der Waals surface area contributed by atoms with E-state index in [1.165, 1.54) is 0 Å². The standard InChI is InChI=1S/C14H17NO3/c16-12(9-15-10-14-7-4-8-17-14)11-18-13-5-2-1-3-6-13/h1-8,12,15-16H,9-11H2/p+1/t12-/m1/s1. The minimum atomic E-state index is -0.486. The number of rotatable bonds is 7. The Bertz CT molecular complexity index is 428. The average Bonchev–Trinajstić information content (AvgIpc) is 2.91. The van der Waals surface area contributed by atoms with Crippen LogP contribution in [0.25, 0.3) is 0 Å². The lowest BCUT2D eigenvalue weighted by molar-refractivity contribution is -0.678. The van der Waals surface area contributed by atoms with E-state index < -0.39 is 6.10 Å². The molecule has 0 amide bonds. The molecule has 4 heteroatoms. The van der Waals surface area contributed by atoms with Crippen molar-refractivity contribution in [1.29, 1.82) is 0 Å². The lowest BCUT2D eigenvalue weighted by atomic mass is 10.3. The van der Waals surface area contributed by atoms with Crippen LogP contribution in [0.2, 0.25) is 0 Å². The highest BCUT2D eigenvalue weighted by Gasteiger charge is 2.08. The number of nitrogens with two attached hydrogens (primary N) is 1. The lowest BCUT2D eigenvalue weighted by Crippen LogP contribution is -2.85. The molecule has 0 fully saturated rings. The highest BCUT2D eigenvalue weighted by Crippen LogP contribution is 2.08. The first-order chi connectivity index (χ1) is 8.84. The van der Waals surface area contributed by atoms with E-state index in [4.69, 9.17) is 9.15 Å². The Morgan fingerprint density at radius 1 is 1.17 bits per heavy atom. The highest BCUT2D eigenvalue weighted by atomic mass is 16.5. The maximum atomic E-state index is 9.75. The summed E-state index contributed by atoms with van der Waals surface area (Å²) in [6, 6.07) is 13.3. The largest absolute Gasteiger partial charge is 0.491 e. The van der Waals surface area contributed by atoms with Crippen molar-refractivity contribution in [3.63, 3.8) is 0 Å². The highest BCUT2D eigenvalue weighted by molar-refractivity contribution is 5.20. The fourth-order valence-electron chi connectivity index (χ4n) is 1.62. The molecule has 0 saturated carbocycles. The van der Waals surface area contributed by atoms with E-state index >= 15 is 0 Å². The van der Waals surface area contributed by atoms with Gasteiger partial charge in [0.2, 0.25) is 0 Å². The Labute approximate surface area is 106 Å². The third-order valence-electron chi connectivity index (χ3n) is 2.55. The number of aliphatic hydroxyl groups excluding tert-OH is 1. The first kappa shape index (κ1) is 12.7. The minimum Gasteiger partial charge on any atom is -0.491 e. The van der Waals surface area contributed by atoms with E-state index in [1.54, 1.807) is 6.26 Å². The van der Waals surface area contributed by atoms with E-state index in [2.05, 4.69) is 0 Å². The predicted molar refractivity (Wildman–Crippen MR) is 67.1 cm³/mol. The molecule has 1 aromatic heterocycles. The van der Waals surface area contributed by atoms with Crippen molar-refractivity contribution in [2.75, 3.05) is 13.2 Å². The summed E-state index contributed by atoms with van der Waals surface area (Å²) in [6.45, 7) is 1.63. The van der Waals surface area contributed by atoms with Crippen LogP contribution >= 0.6 is 0 Å². The third-order valence-corrected chi connectivity index (χ3v) is 2.55. The second kappa shape index (κ2) is 6.83. The molecule has 0 saturated heterocycles. The van der Waals surface area contributed by atoms with Crippen molar-refractivity contribution in [2.45, 2.75) is 12.6 Å². The van der Waals surface area contributed by atoms with Crippen molar-refractivity contribution in [2.24, 2.45) is 0 Å². The Morgan fingerprint density at radius 2 is 2.00 bits per heavy atom. The molecule has 0 radical (unpaired) electrons. The zero-order valence-corrected chi connectivity index (χ0v) is 10.2. The predicted octanol–water partition coefficient (Wildman–Crippen LogP) is 0.783. The Kier molecular flexibility index (Phi) is 4.81. The summed E-state index contributed by atoms with van der Waals surface area (Å²) in [4.78, 5) is 0. The monoisotopic (exact) mass is 248 g/mol. The molecular formula is C14H18NO3+. The summed E-state index contributed by atoms with van der Waals surface area (Å²) in [6.07, 6.45) is 1.16. The first-order valence-electron chi connectivity index (χ1n) is 6.04. The molecule has 2 rings (SSSR count). The van der Waals surface area contributed by atoms with Crippen molar-refractivity contribution in [3.8, 4) is 5.75 Å². The number of aliphatic hydroxyl groups is 1. The molecule has 0 aliphatic carbocycles. The van der Waals surface area contributed by atoms with Crippen molar-refractivity contribution < 1.29 is 19.6 Å². The number of hydrogen-bond acceptors (Lipinski definition) is 3. The average molecular weight is 248 g/mol. The van der Waals surface area contributed by atoms with Gasteiger partial charge in [-0.1, -0.05) is 18.2 Å². The molecule has 2 aromatic rings. The molecule has 0 aliphatic rings. The van der Waals surface area contributed by atoms with E-state index in [9.17, 15) is 5.11 Å². The lowest BCUT2D eigenvalue weighted by Gasteiger charge is -2.10. The van der Waals surface area contributed by atoms with Gasteiger partial charge < -0.3 is 19.6 Å². The summed E-state index contributed by atoms with van der Waals surface area (Å²) in [7, 11) is 0. The van der Waals surface area contributed by atoms with Gasteiger partial charge in [-0.3, -0.25) is 0 Å². The second-order valence-corrected chi connectivity index (χ2v) is 4.09. The van der Waals surface area contributed by atoms with Crippen LogP contribution in [0.5, 0.6) is 5.75 Å². The zero-order chi connectivity index (χ0) is 12.6. The molecule has 0 bridgehead atoms. The van der Waals surface area contributed by atoms with Crippen LogP contribution < -0.4 is 10.1 Å². The third kappa shape index (κ3) is 4.24. The number of para-hydroxylation sites is 1. The van der Waals surface area contributed by atoms with E-state index in [0.717, 1.165) is 18.1 Å². The molecule has 0 aliphatic heterocycles. The number of quaternary nitrogens is 1. The van der Waals surface area contributed by atoms with Gasteiger partial charge in [0.15, 0.2) is 5.76 Å². The quantitative estimate of drug-likeness (QED) is 0.761. The SMILES string of the molecule is O[C@H](C[NH2+]Cc1ccco1)COc1ccccc1. The van der Waals surface area contributed by atoms with Gasteiger partial charge >= 0.3 is 0 Å². The van der Waals surface area contributed by atoms with Crippen LogP contribution in [0, 0.1) is 0 Å². The molecule has 1 heterocycles. The van der Waals surface area contributed by atoms with Gasteiger partial charge in [-0.05, 0) is 24.3 Å². The van der Waals surface area contributed by atoms with Crippen LogP contribution in [-0.4, -0.2) is 24.4 Å². The van der Waals surface area contributed by atoms with Gasteiger partial charge in [0, 0.05) is 0 Å². The topological polar surface area (TPSA) is 59.2 Å². The van der Waals surface area contributed by atoms with Gasteiger partial charge in [-0.15, -0.1) is 0 Å². The van der Waals surface area contributed by atoms with Gasteiger partial charge in [-0.25, -0.2) is 0 Å². The molecular weight excluding hydrogens is 230 g/mol. The fraction of sp³-hybridized carbons (Fsp3) is 0.286. The Hall–Kier alpha value is -1.78. The van der Waals surface area contributed by atoms with E-state index in [-0.39, 0.29) is 0 Å². The maximum Gasteiger partial charge on any atom is 0.157 e. The van der Waals surface area contributed by atoms with Crippen molar-refractivity contribution in [3.05, 3.63) is 54.5 Å². The van der Waals surface area contributed by atoms with Crippen molar-refractivity contribution >= 4 is 0 Å². The van der Waals surface area contributed by atoms with Crippen molar-refractivity contribution in [1.82, 2.24) is 0 Å². The van der Waals surface area contributed by atoms with E-state index in [0.29, 0.717) is 13.2 Å². The fourth-order valence-corrected chi connectivity index (χ4v) is 1.62. The molecule has 18 heavy (non-hydrogen) atoms. The van der Waals surface area contributed by atoms with Crippen LogP contribution in [0.1, 0.15) is 5.76 Å². The van der Waals surface area contributed by atoms with Crippen LogP contribution in [-0.2, 0) is 6.54 Å². The van der Waals surface area contributed by atoms with Gasteiger partial charge in [0.25, 0.3) is 0 Å². The Morgan fingerprint density at radius 3 is 2.72 bits per heavy atom. The van der Waals surface area contributed by atoms with Crippen LogP contribution in [0.4, 0.5) is 0 Å². The second-order valence-electron chi connectivity index (χ2n) is 4.09. The van der Waals surface area contributed by atoms with Gasteiger partial charge in [0.1, 0.15) is 31.5 Å². The normalized spacial score (nSPS) is 12.3.